The van der Waals surface area contributed by atoms with Crippen LogP contribution in [-0.2, 0) is 9.84 Å². The Balaban J connectivity index is 2.37. The first-order valence-electron chi connectivity index (χ1n) is 5.97. The number of hydrogen-bond donors (Lipinski definition) is 1. The Morgan fingerprint density at radius 2 is 1.93 bits per heavy atom. The van der Waals surface area contributed by atoms with Gasteiger partial charge in [0.2, 0.25) is 0 Å². The van der Waals surface area contributed by atoms with Crippen LogP contribution in [0.15, 0.2) is 0 Å². The van der Waals surface area contributed by atoms with E-state index in [0.29, 0.717) is 11.7 Å². The SMILES string of the molecule is CCNC(C)CS(=O)(=O)CC1CCCC1. The van der Waals surface area contributed by atoms with Gasteiger partial charge in [-0.05, 0) is 32.2 Å². The van der Waals surface area contributed by atoms with Crippen molar-refractivity contribution in [1.29, 1.82) is 0 Å². The largest absolute Gasteiger partial charge is 0.314 e. The van der Waals surface area contributed by atoms with Crippen LogP contribution in [0.25, 0.3) is 0 Å². The van der Waals surface area contributed by atoms with Crippen LogP contribution in [0, 0.1) is 5.92 Å². The van der Waals surface area contributed by atoms with Crippen molar-refractivity contribution in [2.75, 3.05) is 18.1 Å². The molecular weight excluding hydrogens is 210 g/mol. The number of rotatable bonds is 6. The van der Waals surface area contributed by atoms with Gasteiger partial charge in [-0.3, -0.25) is 0 Å². The summed E-state index contributed by atoms with van der Waals surface area (Å²) in [6.07, 6.45) is 4.63. The molecule has 4 heteroatoms. The molecule has 3 nitrogen and oxygen atoms in total. The number of hydrogen-bond acceptors (Lipinski definition) is 3. The van der Waals surface area contributed by atoms with Crippen LogP contribution in [-0.4, -0.2) is 32.5 Å². The second-order valence-corrected chi connectivity index (χ2v) is 6.84. The van der Waals surface area contributed by atoms with Crippen LogP contribution in [0.1, 0.15) is 39.5 Å². The van der Waals surface area contributed by atoms with Crippen molar-refractivity contribution in [3.05, 3.63) is 0 Å². The first-order valence-corrected chi connectivity index (χ1v) is 7.79. The summed E-state index contributed by atoms with van der Waals surface area (Å²) in [5, 5.41) is 3.15. The minimum Gasteiger partial charge on any atom is -0.314 e. The fourth-order valence-corrected chi connectivity index (χ4v) is 4.46. The van der Waals surface area contributed by atoms with E-state index in [9.17, 15) is 8.42 Å². The van der Waals surface area contributed by atoms with Crippen LogP contribution in [0.5, 0.6) is 0 Å². The van der Waals surface area contributed by atoms with Crippen molar-refractivity contribution in [2.45, 2.75) is 45.6 Å². The maximum Gasteiger partial charge on any atom is 0.152 e. The predicted octanol–water partition coefficient (Wildman–Crippen LogP) is 1.59. The van der Waals surface area contributed by atoms with E-state index in [1.807, 2.05) is 13.8 Å². The lowest BCUT2D eigenvalue weighted by molar-refractivity contribution is 0.542. The number of sulfone groups is 1. The summed E-state index contributed by atoms with van der Waals surface area (Å²) in [6.45, 7) is 4.77. The lowest BCUT2D eigenvalue weighted by atomic mass is 10.1. The Labute approximate surface area is 93.6 Å². The first-order chi connectivity index (χ1) is 7.03. The molecule has 0 amide bonds. The molecule has 0 aliphatic heterocycles. The van der Waals surface area contributed by atoms with E-state index in [0.717, 1.165) is 19.4 Å². The highest BCUT2D eigenvalue weighted by Gasteiger charge is 2.23. The molecule has 0 aromatic heterocycles. The minimum atomic E-state index is -2.85. The Hall–Kier alpha value is -0.0900. The van der Waals surface area contributed by atoms with Crippen molar-refractivity contribution in [2.24, 2.45) is 5.92 Å². The molecule has 0 heterocycles. The summed E-state index contributed by atoms with van der Waals surface area (Å²) < 4.78 is 23.7. The molecule has 0 aromatic carbocycles. The van der Waals surface area contributed by atoms with Crippen LogP contribution < -0.4 is 5.32 Å². The van der Waals surface area contributed by atoms with Crippen LogP contribution >= 0.6 is 0 Å². The summed E-state index contributed by atoms with van der Waals surface area (Å²) in [4.78, 5) is 0. The average Bonchev–Trinajstić information content (AvgIpc) is 2.54. The molecule has 1 saturated carbocycles. The van der Waals surface area contributed by atoms with E-state index in [4.69, 9.17) is 0 Å². The second-order valence-electron chi connectivity index (χ2n) is 4.69. The Morgan fingerprint density at radius 3 is 2.47 bits per heavy atom. The normalized spacial score (nSPS) is 20.7. The smallest absolute Gasteiger partial charge is 0.152 e. The van der Waals surface area contributed by atoms with Gasteiger partial charge < -0.3 is 5.32 Å². The molecule has 0 saturated heterocycles. The third kappa shape index (κ3) is 4.98. The Bertz CT molecular complexity index is 268. The molecule has 0 aromatic rings. The minimum absolute atomic E-state index is 0.0846. The van der Waals surface area contributed by atoms with Gasteiger partial charge in [0.25, 0.3) is 0 Å². The van der Waals surface area contributed by atoms with Gasteiger partial charge in [0.05, 0.1) is 11.5 Å². The monoisotopic (exact) mass is 233 g/mol. The van der Waals surface area contributed by atoms with Crippen LogP contribution in [0.2, 0.25) is 0 Å². The van der Waals surface area contributed by atoms with E-state index in [1.165, 1.54) is 12.8 Å². The zero-order chi connectivity index (χ0) is 11.3. The van der Waals surface area contributed by atoms with Crippen LogP contribution in [0.4, 0.5) is 0 Å². The lowest BCUT2D eigenvalue weighted by Crippen LogP contribution is -2.34. The molecule has 1 atom stereocenters. The molecule has 1 unspecified atom stereocenters. The Kier molecular flexibility index (Phi) is 5.06. The lowest BCUT2D eigenvalue weighted by Gasteiger charge is -2.14. The van der Waals surface area contributed by atoms with E-state index >= 15 is 0 Å². The standard InChI is InChI=1S/C11H23NO2S/c1-3-12-10(2)8-15(13,14)9-11-6-4-5-7-11/h10-12H,3-9H2,1-2H3. The van der Waals surface area contributed by atoms with Gasteiger partial charge in [0, 0.05) is 6.04 Å². The van der Waals surface area contributed by atoms with Gasteiger partial charge in [0.1, 0.15) is 0 Å². The van der Waals surface area contributed by atoms with Crippen molar-refractivity contribution in [1.82, 2.24) is 5.32 Å². The molecule has 0 spiro atoms. The highest BCUT2D eigenvalue weighted by molar-refractivity contribution is 7.91. The fraction of sp³-hybridized carbons (Fsp3) is 1.00. The molecule has 1 aliphatic rings. The maximum absolute atomic E-state index is 11.8. The molecule has 15 heavy (non-hydrogen) atoms. The highest BCUT2D eigenvalue weighted by atomic mass is 32.2. The molecule has 0 bridgehead atoms. The van der Waals surface area contributed by atoms with Gasteiger partial charge in [0.15, 0.2) is 9.84 Å². The topological polar surface area (TPSA) is 46.2 Å². The second kappa shape index (κ2) is 5.85. The zero-order valence-corrected chi connectivity index (χ0v) is 10.6. The molecule has 1 fully saturated rings. The predicted molar refractivity (Wildman–Crippen MR) is 63.8 cm³/mol. The summed E-state index contributed by atoms with van der Waals surface area (Å²) in [6, 6.07) is 0.0846. The molecule has 0 radical (unpaired) electrons. The van der Waals surface area contributed by atoms with Gasteiger partial charge in [-0.1, -0.05) is 19.8 Å². The summed E-state index contributed by atoms with van der Waals surface area (Å²) in [5.74, 6) is 1.13. The van der Waals surface area contributed by atoms with E-state index in [1.54, 1.807) is 0 Å². The molecule has 1 N–H and O–H groups in total. The van der Waals surface area contributed by atoms with Crippen molar-refractivity contribution >= 4 is 9.84 Å². The third-order valence-electron chi connectivity index (χ3n) is 3.02. The summed E-state index contributed by atoms with van der Waals surface area (Å²) in [7, 11) is -2.85. The van der Waals surface area contributed by atoms with E-state index < -0.39 is 9.84 Å². The summed E-state index contributed by atoms with van der Waals surface area (Å²) >= 11 is 0. The van der Waals surface area contributed by atoms with Crippen molar-refractivity contribution < 1.29 is 8.42 Å². The Morgan fingerprint density at radius 1 is 1.33 bits per heavy atom. The molecule has 1 aliphatic carbocycles. The van der Waals surface area contributed by atoms with Gasteiger partial charge in [-0.25, -0.2) is 8.42 Å². The van der Waals surface area contributed by atoms with Gasteiger partial charge in [-0.15, -0.1) is 0 Å². The van der Waals surface area contributed by atoms with Crippen LogP contribution in [0.3, 0.4) is 0 Å². The number of nitrogens with one attached hydrogen (secondary N) is 1. The molecular formula is C11H23NO2S. The molecule has 90 valence electrons. The van der Waals surface area contributed by atoms with Crippen molar-refractivity contribution in [3.63, 3.8) is 0 Å². The third-order valence-corrected chi connectivity index (χ3v) is 5.01. The average molecular weight is 233 g/mol. The van der Waals surface area contributed by atoms with Crippen molar-refractivity contribution in [3.8, 4) is 0 Å². The molecule has 1 rings (SSSR count). The van der Waals surface area contributed by atoms with E-state index in [-0.39, 0.29) is 11.8 Å². The highest BCUT2D eigenvalue weighted by Crippen LogP contribution is 2.26. The van der Waals surface area contributed by atoms with Gasteiger partial charge in [-0.2, -0.15) is 0 Å². The maximum atomic E-state index is 11.8. The zero-order valence-electron chi connectivity index (χ0n) is 9.83. The first kappa shape index (κ1) is 13.0. The van der Waals surface area contributed by atoms with Gasteiger partial charge >= 0.3 is 0 Å². The summed E-state index contributed by atoms with van der Waals surface area (Å²) in [5.41, 5.74) is 0. The van der Waals surface area contributed by atoms with E-state index in [2.05, 4.69) is 5.32 Å². The quantitative estimate of drug-likeness (QED) is 0.758. The fourth-order valence-electron chi connectivity index (χ4n) is 2.39.